The van der Waals surface area contributed by atoms with Gasteiger partial charge in [-0.05, 0) is 108 Å². The molecule has 0 saturated heterocycles. The van der Waals surface area contributed by atoms with Crippen molar-refractivity contribution in [2.75, 3.05) is 4.90 Å². The molecule has 57 heavy (non-hydrogen) atoms. The lowest BCUT2D eigenvalue weighted by Gasteiger charge is -2.27. The molecule has 1 heteroatoms. The molecule has 0 saturated carbocycles. The number of nitrogens with zero attached hydrogens (tertiary/aromatic N) is 1. The standard InChI is InChI=1S/C56H39N/c1-4-15-41(16-5-1)50-37-32-47(39-54(50)43-17-6-2-7-18-43)40-27-33-48(34-28-40)57(55-26-14-23-42-19-10-12-24-51(42)55)49-35-29-45(30-36-49)53-38-31-44-20-11-13-25-52(44)56(53)46-21-8-3-9-22-46/h1-39H. The van der Waals surface area contributed by atoms with Crippen LogP contribution in [0.4, 0.5) is 17.1 Å². The Morgan fingerprint density at radius 3 is 1.35 bits per heavy atom. The maximum absolute atomic E-state index is 2.39. The summed E-state index contributed by atoms with van der Waals surface area (Å²) < 4.78 is 0. The molecule has 0 N–H and O–H groups in total. The van der Waals surface area contributed by atoms with Crippen molar-refractivity contribution in [3.05, 3.63) is 237 Å². The Morgan fingerprint density at radius 2 is 0.702 bits per heavy atom. The maximum atomic E-state index is 2.39. The van der Waals surface area contributed by atoms with Crippen LogP contribution in [0.25, 0.3) is 77.2 Å². The van der Waals surface area contributed by atoms with E-state index < -0.39 is 0 Å². The average molecular weight is 726 g/mol. The van der Waals surface area contributed by atoms with E-state index in [1.165, 1.54) is 77.2 Å². The molecular formula is C56H39N. The van der Waals surface area contributed by atoms with Gasteiger partial charge in [-0.3, -0.25) is 0 Å². The SMILES string of the molecule is c1ccc(-c2ccc(-c3ccc(N(c4ccc(-c5ccc6ccccc6c5-c5ccccc5)cc4)c4cccc5ccccc45)cc3)cc2-c2ccccc2)cc1. The third-order valence-corrected chi connectivity index (χ3v) is 11.1. The van der Waals surface area contributed by atoms with Crippen LogP contribution in [0.1, 0.15) is 0 Å². The van der Waals surface area contributed by atoms with Gasteiger partial charge in [0.25, 0.3) is 0 Å². The molecule has 0 spiro atoms. The van der Waals surface area contributed by atoms with Crippen molar-refractivity contribution in [2.24, 2.45) is 0 Å². The summed E-state index contributed by atoms with van der Waals surface area (Å²) in [6.07, 6.45) is 0. The molecule has 0 aliphatic heterocycles. The summed E-state index contributed by atoms with van der Waals surface area (Å²) in [6, 6.07) is 85.6. The summed E-state index contributed by atoms with van der Waals surface area (Å²) in [5.41, 5.74) is 15.5. The lowest BCUT2D eigenvalue weighted by atomic mass is 9.89. The fourth-order valence-electron chi connectivity index (χ4n) is 8.30. The van der Waals surface area contributed by atoms with Crippen LogP contribution in [0, 0.1) is 0 Å². The zero-order valence-corrected chi connectivity index (χ0v) is 31.5. The van der Waals surface area contributed by atoms with Crippen molar-refractivity contribution in [3.63, 3.8) is 0 Å². The van der Waals surface area contributed by atoms with Crippen LogP contribution < -0.4 is 4.90 Å². The Balaban J connectivity index is 1.07. The lowest BCUT2D eigenvalue weighted by Crippen LogP contribution is -2.10. The van der Waals surface area contributed by atoms with Gasteiger partial charge in [-0.15, -0.1) is 0 Å². The van der Waals surface area contributed by atoms with Gasteiger partial charge < -0.3 is 4.90 Å². The van der Waals surface area contributed by atoms with E-state index >= 15 is 0 Å². The third-order valence-electron chi connectivity index (χ3n) is 11.1. The summed E-state index contributed by atoms with van der Waals surface area (Å²) in [7, 11) is 0. The van der Waals surface area contributed by atoms with E-state index in [2.05, 4.69) is 241 Å². The Kier molecular flexibility index (Phi) is 8.95. The van der Waals surface area contributed by atoms with Crippen LogP contribution in [-0.2, 0) is 0 Å². The first-order chi connectivity index (χ1) is 28.3. The molecule has 0 atom stereocenters. The number of rotatable bonds is 8. The number of hydrogen-bond acceptors (Lipinski definition) is 1. The molecule has 10 rings (SSSR count). The minimum absolute atomic E-state index is 1.10. The zero-order valence-electron chi connectivity index (χ0n) is 31.5. The first-order valence-corrected chi connectivity index (χ1v) is 19.6. The number of benzene rings is 10. The van der Waals surface area contributed by atoms with E-state index in [0.29, 0.717) is 0 Å². The van der Waals surface area contributed by atoms with E-state index in [1.54, 1.807) is 0 Å². The van der Waals surface area contributed by atoms with Crippen molar-refractivity contribution in [2.45, 2.75) is 0 Å². The van der Waals surface area contributed by atoms with Gasteiger partial charge in [0.05, 0.1) is 5.69 Å². The number of anilines is 3. The van der Waals surface area contributed by atoms with Gasteiger partial charge in [-0.1, -0.05) is 200 Å². The average Bonchev–Trinajstić information content (AvgIpc) is 3.30. The Hall–Kier alpha value is -7.48. The molecule has 10 aromatic carbocycles. The van der Waals surface area contributed by atoms with Crippen molar-refractivity contribution < 1.29 is 0 Å². The first kappa shape index (κ1) is 34.0. The Bertz CT molecular complexity index is 2960. The Morgan fingerprint density at radius 1 is 0.246 bits per heavy atom. The van der Waals surface area contributed by atoms with Gasteiger partial charge in [0.2, 0.25) is 0 Å². The normalized spacial score (nSPS) is 11.2. The summed E-state index contributed by atoms with van der Waals surface area (Å²) in [5.74, 6) is 0. The second-order valence-electron chi connectivity index (χ2n) is 14.5. The van der Waals surface area contributed by atoms with E-state index in [-0.39, 0.29) is 0 Å². The first-order valence-electron chi connectivity index (χ1n) is 19.6. The molecule has 268 valence electrons. The van der Waals surface area contributed by atoms with E-state index in [0.717, 1.165) is 17.1 Å². The van der Waals surface area contributed by atoms with E-state index in [9.17, 15) is 0 Å². The van der Waals surface area contributed by atoms with E-state index in [1.807, 2.05) is 0 Å². The molecule has 0 bridgehead atoms. The minimum Gasteiger partial charge on any atom is -0.310 e. The molecule has 0 aromatic heterocycles. The van der Waals surface area contributed by atoms with Gasteiger partial charge in [-0.25, -0.2) is 0 Å². The monoisotopic (exact) mass is 725 g/mol. The van der Waals surface area contributed by atoms with Crippen molar-refractivity contribution in [1.82, 2.24) is 0 Å². The highest BCUT2D eigenvalue weighted by Crippen LogP contribution is 2.43. The molecular weight excluding hydrogens is 687 g/mol. The molecule has 1 nitrogen and oxygen atoms in total. The largest absolute Gasteiger partial charge is 0.310 e. The molecule has 0 fully saturated rings. The van der Waals surface area contributed by atoms with Gasteiger partial charge in [0.1, 0.15) is 0 Å². The Labute approximate surface area is 334 Å². The smallest absolute Gasteiger partial charge is 0.0540 e. The van der Waals surface area contributed by atoms with Crippen molar-refractivity contribution >= 4 is 38.6 Å². The lowest BCUT2D eigenvalue weighted by molar-refractivity contribution is 1.30. The molecule has 0 aliphatic carbocycles. The third kappa shape index (κ3) is 6.56. The van der Waals surface area contributed by atoms with Crippen molar-refractivity contribution in [1.29, 1.82) is 0 Å². The molecule has 0 heterocycles. The predicted molar refractivity (Wildman–Crippen MR) is 243 cm³/mol. The van der Waals surface area contributed by atoms with Gasteiger partial charge >= 0.3 is 0 Å². The minimum atomic E-state index is 1.10. The van der Waals surface area contributed by atoms with Crippen molar-refractivity contribution in [3.8, 4) is 55.6 Å². The predicted octanol–water partition coefficient (Wildman–Crippen LogP) is 15.8. The molecule has 0 aliphatic rings. The second-order valence-corrected chi connectivity index (χ2v) is 14.5. The quantitative estimate of drug-likeness (QED) is 0.151. The number of fused-ring (bicyclic) bond motifs is 2. The molecule has 0 radical (unpaired) electrons. The highest BCUT2D eigenvalue weighted by Gasteiger charge is 2.18. The van der Waals surface area contributed by atoms with Crippen LogP contribution in [0.2, 0.25) is 0 Å². The van der Waals surface area contributed by atoms with Gasteiger partial charge in [-0.2, -0.15) is 0 Å². The van der Waals surface area contributed by atoms with Gasteiger partial charge in [0, 0.05) is 16.8 Å². The summed E-state index contributed by atoms with van der Waals surface area (Å²) in [5, 5.41) is 4.92. The highest BCUT2D eigenvalue weighted by molar-refractivity contribution is 6.04. The molecule has 10 aromatic rings. The summed E-state index contributed by atoms with van der Waals surface area (Å²) >= 11 is 0. The van der Waals surface area contributed by atoms with Crippen LogP contribution in [0.5, 0.6) is 0 Å². The summed E-state index contributed by atoms with van der Waals surface area (Å²) in [6.45, 7) is 0. The highest BCUT2D eigenvalue weighted by atomic mass is 15.1. The summed E-state index contributed by atoms with van der Waals surface area (Å²) in [4.78, 5) is 2.39. The number of hydrogen-bond donors (Lipinski definition) is 0. The van der Waals surface area contributed by atoms with Crippen LogP contribution in [0.15, 0.2) is 237 Å². The molecule has 0 amide bonds. The zero-order chi connectivity index (χ0) is 38.0. The van der Waals surface area contributed by atoms with Gasteiger partial charge in [0.15, 0.2) is 0 Å². The van der Waals surface area contributed by atoms with Crippen LogP contribution in [-0.4, -0.2) is 0 Å². The molecule has 0 unspecified atom stereocenters. The maximum Gasteiger partial charge on any atom is 0.0540 e. The topological polar surface area (TPSA) is 3.24 Å². The van der Waals surface area contributed by atoms with Crippen LogP contribution in [0.3, 0.4) is 0 Å². The fraction of sp³-hybridized carbons (Fsp3) is 0. The second kappa shape index (κ2) is 15.0. The van der Waals surface area contributed by atoms with E-state index in [4.69, 9.17) is 0 Å². The fourth-order valence-corrected chi connectivity index (χ4v) is 8.30. The van der Waals surface area contributed by atoms with Crippen LogP contribution >= 0.6 is 0 Å².